The van der Waals surface area contributed by atoms with Crippen LogP contribution in [0.2, 0.25) is 5.02 Å². The summed E-state index contributed by atoms with van der Waals surface area (Å²) in [7, 11) is -0.265. The summed E-state index contributed by atoms with van der Waals surface area (Å²) in [6.07, 6.45) is 0. The molecule has 0 unspecified atom stereocenters. The van der Waals surface area contributed by atoms with Gasteiger partial charge in [-0.15, -0.1) is 0 Å². The predicted molar refractivity (Wildman–Crippen MR) is 130 cm³/mol. The number of hydrogen-bond donors (Lipinski definition) is 2. The molecule has 0 radical (unpaired) electrons. The summed E-state index contributed by atoms with van der Waals surface area (Å²) in [6, 6.07) is 22.3. The molecule has 2 N–H and O–H groups in total. The van der Waals surface area contributed by atoms with Gasteiger partial charge in [-0.05, 0) is 48.0 Å². The minimum atomic E-state index is -3.32. The van der Waals surface area contributed by atoms with Crippen molar-refractivity contribution in [2.24, 2.45) is 0 Å². The average Bonchev–Trinajstić information content (AvgIpc) is 2.75. The fourth-order valence-electron chi connectivity index (χ4n) is 3.08. The molecule has 9 heteroatoms. The number of rotatable bonds is 7. The van der Waals surface area contributed by atoms with Gasteiger partial charge in [-0.2, -0.15) is 4.98 Å². The van der Waals surface area contributed by atoms with Crippen LogP contribution < -0.4 is 10.6 Å². The molecular weight excluding hydrogens is 446 g/mol. The third-order valence-electron chi connectivity index (χ3n) is 4.81. The molecule has 0 bridgehead atoms. The number of benzene rings is 3. The Morgan fingerprint density at radius 3 is 2.34 bits per heavy atom. The van der Waals surface area contributed by atoms with E-state index in [-0.39, 0.29) is 5.75 Å². The molecule has 4 rings (SSSR count). The first kappa shape index (κ1) is 22.0. The zero-order valence-electron chi connectivity index (χ0n) is 17.6. The van der Waals surface area contributed by atoms with E-state index in [0.717, 1.165) is 22.3 Å². The largest absolute Gasteiger partial charge is 0.340 e. The van der Waals surface area contributed by atoms with Gasteiger partial charge in [0.15, 0.2) is 0 Å². The summed E-state index contributed by atoms with van der Waals surface area (Å²) in [6.45, 7) is 0. The lowest BCUT2D eigenvalue weighted by atomic mass is 10.2. The highest BCUT2D eigenvalue weighted by molar-refractivity contribution is 7.88. The molecule has 0 aliphatic heterocycles. The maximum atomic E-state index is 12.1. The van der Waals surface area contributed by atoms with Crippen LogP contribution >= 0.6 is 11.6 Å². The number of anilines is 4. The number of para-hydroxylation sites is 1. The van der Waals surface area contributed by atoms with E-state index in [1.807, 2.05) is 60.7 Å². The van der Waals surface area contributed by atoms with Crippen molar-refractivity contribution in [3.8, 4) is 0 Å². The second-order valence-electron chi connectivity index (χ2n) is 7.41. The van der Waals surface area contributed by atoms with Gasteiger partial charge in [0.2, 0.25) is 16.0 Å². The fraction of sp³-hybridized carbons (Fsp3) is 0.130. The van der Waals surface area contributed by atoms with E-state index in [1.54, 1.807) is 12.1 Å². The van der Waals surface area contributed by atoms with E-state index in [9.17, 15) is 8.42 Å². The lowest BCUT2D eigenvalue weighted by molar-refractivity contribution is 0.520. The Kier molecular flexibility index (Phi) is 6.27. The molecule has 7 nitrogen and oxygen atoms in total. The topological polar surface area (TPSA) is 87.2 Å². The lowest BCUT2D eigenvalue weighted by Gasteiger charge is -2.13. The average molecular weight is 468 g/mol. The summed E-state index contributed by atoms with van der Waals surface area (Å²) < 4.78 is 25.4. The van der Waals surface area contributed by atoms with Crippen LogP contribution in [0.1, 0.15) is 5.56 Å². The molecule has 0 saturated heterocycles. The number of hydrogen-bond acceptors (Lipinski definition) is 6. The summed E-state index contributed by atoms with van der Waals surface area (Å²) in [5.74, 6) is 1.01. The van der Waals surface area contributed by atoms with Crippen molar-refractivity contribution in [3.63, 3.8) is 0 Å². The number of halogens is 1. The normalized spacial score (nSPS) is 11.6. The Balaban J connectivity index is 1.61. The molecule has 0 atom stereocenters. The smallest absolute Gasteiger partial charge is 0.229 e. The molecule has 164 valence electrons. The van der Waals surface area contributed by atoms with Crippen molar-refractivity contribution in [2.45, 2.75) is 5.75 Å². The summed E-state index contributed by atoms with van der Waals surface area (Å²) in [4.78, 5) is 9.25. The number of sulfonamides is 1. The van der Waals surface area contributed by atoms with Gasteiger partial charge >= 0.3 is 0 Å². The van der Waals surface area contributed by atoms with E-state index in [2.05, 4.69) is 20.6 Å². The molecule has 3 aromatic carbocycles. The third-order valence-corrected chi connectivity index (χ3v) is 6.85. The van der Waals surface area contributed by atoms with Crippen LogP contribution in [0.4, 0.5) is 23.1 Å². The van der Waals surface area contributed by atoms with E-state index < -0.39 is 10.0 Å². The van der Waals surface area contributed by atoms with Crippen LogP contribution in [0.5, 0.6) is 0 Å². The Labute approximate surface area is 192 Å². The van der Waals surface area contributed by atoms with Crippen molar-refractivity contribution in [2.75, 3.05) is 24.7 Å². The quantitative estimate of drug-likeness (QED) is 0.390. The molecular formula is C23H22ClN5O2S. The SMILES string of the molecule is CN(C)S(=O)(=O)Cc1ccc(Nc2nc(Nc3cccc(Cl)c3)c3ccccc3n2)cc1. The van der Waals surface area contributed by atoms with Gasteiger partial charge in [0, 0.05) is 35.9 Å². The highest BCUT2D eigenvalue weighted by Gasteiger charge is 2.14. The first-order chi connectivity index (χ1) is 15.3. The maximum Gasteiger partial charge on any atom is 0.229 e. The van der Waals surface area contributed by atoms with E-state index in [0.29, 0.717) is 22.4 Å². The first-order valence-electron chi connectivity index (χ1n) is 9.86. The Bertz CT molecular complexity index is 1360. The van der Waals surface area contributed by atoms with E-state index in [4.69, 9.17) is 11.6 Å². The van der Waals surface area contributed by atoms with Gasteiger partial charge < -0.3 is 10.6 Å². The monoisotopic (exact) mass is 467 g/mol. The molecule has 0 amide bonds. The van der Waals surface area contributed by atoms with Gasteiger partial charge in [-0.3, -0.25) is 0 Å². The van der Waals surface area contributed by atoms with Crippen molar-refractivity contribution in [1.29, 1.82) is 0 Å². The summed E-state index contributed by atoms with van der Waals surface area (Å²) >= 11 is 6.11. The van der Waals surface area contributed by atoms with Gasteiger partial charge in [-0.25, -0.2) is 17.7 Å². The molecule has 4 aromatic rings. The van der Waals surface area contributed by atoms with Gasteiger partial charge in [0.05, 0.1) is 11.3 Å². The number of fused-ring (bicyclic) bond motifs is 1. The predicted octanol–water partition coefficient (Wildman–Crippen LogP) is 5.16. The van der Waals surface area contributed by atoms with Crippen LogP contribution in [0.3, 0.4) is 0 Å². The van der Waals surface area contributed by atoms with Crippen molar-refractivity contribution < 1.29 is 8.42 Å². The molecule has 1 aromatic heterocycles. The van der Waals surface area contributed by atoms with Crippen LogP contribution in [0.15, 0.2) is 72.8 Å². The van der Waals surface area contributed by atoms with E-state index in [1.165, 1.54) is 18.4 Å². The van der Waals surface area contributed by atoms with E-state index >= 15 is 0 Å². The Hall–Kier alpha value is -3.20. The number of aromatic nitrogens is 2. The van der Waals surface area contributed by atoms with Gasteiger partial charge in [-0.1, -0.05) is 41.9 Å². The van der Waals surface area contributed by atoms with Gasteiger partial charge in [0.25, 0.3) is 0 Å². The zero-order valence-corrected chi connectivity index (χ0v) is 19.2. The Morgan fingerprint density at radius 2 is 1.62 bits per heavy atom. The Morgan fingerprint density at radius 1 is 0.875 bits per heavy atom. The lowest BCUT2D eigenvalue weighted by Crippen LogP contribution is -2.23. The standard InChI is InChI=1S/C23H22ClN5O2S/c1-29(2)32(30,31)15-16-10-12-18(13-11-16)26-23-27-21-9-4-3-8-20(21)22(28-23)25-19-7-5-6-17(24)14-19/h3-14H,15H2,1-2H3,(H2,25,26,27,28). The molecule has 1 heterocycles. The molecule has 0 aliphatic carbocycles. The molecule has 0 saturated carbocycles. The maximum absolute atomic E-state index is 12.1. The molecule has 0 aliphatic rings. The van der Waals surface area contributed by atoms with Crippen molar-refractivity contribution in [1.82, 2.24) is 14.3 Å². The highest BCUT2D eigenvalue weighted by Crippen LogP contribution is 2.27. The second-order valence-corrected chi connectivity index (χ2v) is 10.0. The van der Waals surface area contributed by atoms with Crippen LogP contribution in [0, 0.1) is 0 Å². The molecule has 0 spiro atoms. The minimum Gasteiger partial charge on any atom is -0.340 e. The highest BCUT2D eigenvalue weighted by atomic mass is 35.5. The van der Waals surface area contributed by atoms with Crippen LogP contribution in [0.25, 0.3) is 10.9 Å². The minimum absolute atomic E-state index is 0.0551. The first-order valence-corrected chi connectivity index (χ1v) is 11.8. The zero-order chi connectivity index (χ0) is 22.7. The summed E-state index contributed by atoms with van der Waals surface area (Å²) in [5.41, 5.74) is 3.05. The van der Waals surface area contributed by atoms with Crippen molar-refractivity contribution >= 4 is 55.7 Å². The second kappa shape index (κ2) is 9.12. The number of nitrogens with zero attached hydrogens (tertiary/aromatic N) is 3. The van der Waals surface area contributed by atoms with Crippen LogP contribution in [-0.2, 0) is 15.8 Å². The molecule has 0 fully saturated rings. The van der Waals surface area contributed by atoms with Crippen LogP contribution in [-0.4, -0.2) is 36.8 Å². The van der Waals surface area contributed by atoms with Gasteiger partial charge in [0.1, 0.15) is 5.82 Å². The fourth-order valence-corrected chi connectivity index (χ4v) is 4.15. The van der Waals surface area contributed by atoms with Crippen molar-refractivity contribution in [3.05, 3.63) is 83.4 Å². The molecule has 32 heavy (non-hydrogen) atoms. The third kappa shape index (κ3) is 5.16. The number of nitrogens with one attached hydrogen (secondary N) is 2. The summed E-state index contributed by atoms with van der Waals surface area (Å²) in [5, 5.41) is 8.02.